The fourth-order valence-electron chi connectivity index (χ4n) is 6.21. The summed E-state index contributed by atoms with van der Waals surface area (Å²) in [4.78, 5) is 29.8. The van der Waals surface area contributed by atoms with Crippen molar-refractivity contribution in [1.29, 1.82) is 0 Å². The molecular formula is C22H23ClF3N3O2S. The molecule has 0 radical (unpaired) electrons. The SMILES string of the molecule is O=C(CC1SC(=NC23CC4CC(CC(C4)C2)C3)NC1=O)Nc1ccc(Cl)c(C(F)(F)F)c1. The molecular weight excluding hydrogens is 463 g/mol. The van der Waals surface area contributed by atoms with Gasteiger partial charge in [0.05, 0.1) is 16.1 Å². The highest BCUT2D eigenvalue weighted by Crippen LogP contribution is 2.57. The molecule has 1 unspecified atom stereocenters. The maximum Gasteiger partial charge on any atom is 0.417 e. The van der Waals surface area contributed by atoms with E-state index >= 15 is 0 Å². The molecule has 1 atom stereocenters. The fourth-order valence-corrected chi connectivity index (χ4v) is 7.51. The van der Waals surface area contributed by atoms with Gasteiger partial charge in [-0.1, -0.05) is 23.4 Å². The number of amides is 2. The Kier molecular flexibility index (Phi) is 5.47. The van der Waals surface area contributed by atoms with E-state index < -0.39 is 27.9 Å². The molecule has 10 heteroatoms. The second-order valence-corrected chi connectivity index (χ2v) is 11.2. The Morgan fingerprint density at radius 1 is 1.19 bits per heavy atom. The molecule has 0 spiro atoms. The standard InChI is InChI=1S/C22H23ClF3N3O2S/c23-16-2-1-14(6-15(16)22(24,25)26)27-18(30)7-17-19(31)28-20(32-17)29-21-8-11-3-12(9-21)5-13(4-11)10-21/h1-2,6,11-13,17H,3-5,7-10H2,(H,27,30)(H,28,29,31). The number of carbonyl (C=O) groups is 2. The van der Waals surface area contributed by atoms with E-state index in [2.05, 4.69) is 10.6 Å². The van der Waals surface area contributed by atoms with Gasteiger partial charge in [-0.25, -0.2) is 0 Å². The zero-order chi connectivity index (χ0) is 22.7. The Hall–Kier alpha value is -1.74. The van der Waals surface area contributed by atoms with E-state index in [1.807, 2.05) is 0 Å². The number of thioether (sulfide) groups is 1. The molecule has 1 saturated heterocycles. The van der Waals surface area contributed by atoms with Gasteiger partial charge in [-0.05, 0) is 74.5 Å². The highest BCUT2D eigenvalue weighted by Gasteiger charge is 2.51. The minimum absolute atomic E-state index is 0.0161. The number of hydrogen-bond donors (Lipinski definition) is 2. The molecule has 5 nitrogen and oxygen atoms in total. The van der Waals surface area contributed by atoms with Gasteiger partial charge in [0.1, 0.15) is 5.25 Å². The lowest BCUT2D eigenvalue weighted by atomic mass is 9.53. The fraction of sp³-hybridized carbons (Fsp3) is 0.591. The van der Waals surface area contributed by atoms with Gasteiger partial charge in [-0.3, -0.25) is 14.6 Å². The van der Waals surface area contributed by atoms with Crippen LogP contribution in [0, 0.1) is 17.8 Å². The zero-order valence-corrected chi connectivity index (χ0v) is 18.7. The predicted molar refractivity (Wildman–Crippen MR) is 118 cm³/mol. The van der Waals surface area contributed by atoms with Crippen molar-refractivity contribution in [3.63, 3.8) is 0 Å². The first kappa shape index (κ1) is 22.1. The normalized spacial score (nSPS) is 34.8. The Morgan fingerprint density at radius 2 is 1.81 bits per heavy atom. The van der Waals surface area contributed by atoms with E-state index in [0.29, 0.717) is 5.17 Å². The number of hydrogen-bond acceptors (Lipinski definition) is 4. The number of nitrogens with zero attached hydrogens (tertiary/aromatic N) is 1. The first-order valence-corrected chi connectivity index (χ1v) is 12.1. The smallest absolute Gasteiger partial charge is 0.326 e. The van der Waals surface area contributed by atoms with Crippen LogP contribution in [0.3, 0.4) is 0 Å². The summed E-state index contributed by atoms with van der Waals surface area (Å²) in [5, 5.41) is 4.73. The Bertz CT molecular complexity index is 962. The summed E-state index contributed by atoms with van der Waals surface area (Å²) in [6.07, 6.45) is 2.34. The van der Waals surface area contributed by atoms with Crippen molar-refractivity contribution in [3.05, 3.63) is 28.8 Å². The van der Waals surface area contributed by atoms with Crippen molar-refractivity contribution in [2.45, 2.75) is 61.9 Å². The van der Waals surface area contributed by atoms with Gasteiger partial charge in [-0.15, -0.1) is 0 Å². The Balaban J connectivity index is 1.23. The van der Waals surface area contributed by atoms with Crippen molar-refractivity contribution in [2.75, 3.05) is 5.32 Å². The lowest BCUT2D eigenvalue weighted by Gasteiger charge is -2.55. The van der Waals surface area contributed by atoms with E-state index in [1.54, 1.807) is 0 Å². The van der Waals surface area contributed by atoms with Crippen molar-refractivity contribution in [2.24, 2.45) is 22.7 Å². The van der Waals surface area contributed by atoms with Gasteiger partial charge in [0, 0.05) is 12.1 Å². The lowest BCUT2D eigenvalue weighted by Crippen LogP contribution is -2.50. The van der Waals surface area contributed by atoms with Crippen LogP contribution in [0.5, 0.6) is 0 Å². The summed E-state index contributed by atoms with van der Waals surface area (Å²) in [5.74, 6) is 1.37. The van der Waals surface area contributed by atoms with Gasteiger partial charge in [0.2, 0.25) is 11.8 Å². The molecule has 1 aliphatic heterocycles. The van der Waals surface area contributed by atoms with Gasteiger partial charge >= 0.3 is 6.18 Å². The van der Waals surface area contributed by atoms with Crippen LogP contribution >= 0.6 is 23.4 Å². The first-order chi connectivity index (χ1) is 15.1. The van der Waals surface area contributed by atoms with E-state index in [1.165, 1.54) is 37.1 Å². The van der Waals surface area contributed by atoms with Crippen LogP contribution in [-0.4, -0.2) is 27.8 Å². The number of carbonyl (C=O) groups excluding carboxylic acids is 2. The molecule has 1 aromatic rings. The zero-order valence-electron chi connectivity index (χ0n) is 17.2. The highest BCUT2D eigenvalue weighted by molar-refractivity contribution is 8.15. The maximum absolute atomic E-state index is 13.0. The van der Waals surface area contributed by atoms with Crippen LogP contribution in [0.4, 0.5) is 18.9 Å². The summed E-state index contributed by atoms with van der Waals surface area (Å²) in [7, 11) is 0. The minimum Gasteiger partial charge on any atom is -0.326 e. The molecule has 6 rings (SSSR count). The molecule has 32 heavy (non-hydrogen) atoms. The van der Waals surface area contributed by atoms with Crippen LogP contribution in [0.2, 0.25) is 5.02 Å². The third-order valence-corrected chi connectivity index (χ3v) is 8.46. The number of benzene rings is 1. The molecule has 172 valence electrons. The van der Waals surface area contributed by atoms with Crippen LogP contribution in [0.25, 0.3) is 0 Å². The number of nitrogens with one attached hydrogen (secondary N) is 2. The van der Waals surface area contributed by atoms with Crippen LogP contribution in [0.1, 0.15) is 50.5 Å². The third kappa shape index (κ3) is 4.38. The van der Waals surface area contributed by atoms with Crippen molar-refractivity contribution in [1.82, 2.24) is 5.32 Å². The topological polar surface area (TPSA) is 70.6 Å². The molecule has 5 aliphatic rings. The van der Waals surface area contributed by atoms with E-state index in [9.17, 15) is 22.8 Å². The summed E-state index contributed by atoms with van der Waals surface area (Å²) >= 11 is 6.86. The molecule has 5 fully saturated rings. The van der Waals surface area contributed by atoms with Crippen LogP contribution in [0.15, 0.2) is 23.2 Å². The molecule has 1 aromatic carbocycles. The average molecular weight is 486 g/mol. The molecule has 2 amide bonds. The van der Waals surface area contributed by atoms with E-state index in [4.69, 9.17) is 16.6 Å². The second kappa shape index (κ2) is 7.94. The maximum atomic E-state index is 13.0. The van der Waals surface area contributed by atoms with Gasteiger partial charge in [0.15, 0.2) is 5.17 Å². The van der Waals surface area contributed by atoms with Crippen molar-refractivity contribution >= 4 is 46.0 Å². The number of halogens is 4. The third-order valence-electron chi connectivity index (χ3n) is 7.05. The predicted octanol–water partition coefficient (Wildman–Crippen LogP) is 5.24. The van der Waals surface area contributed by atoms with Crippen molar-refractivity contribution in [3.8, 4) is 0 Å². The number of rotatable bonds is 4. The monoisotopic (exact) mass is 485 g/mol. The lowest BCUT2D eigenvalue weighted by molar-refractivity contribution is -0.137. The number of amidine groups is 1. The number of anilines is 1. The van der Waals surface area contributed by atoms with Gasteiger partial charge < -0.3 is 10.6 Å². The Morgan fingerprint density at radius 3 is 2.41 bits per heavy atom. The van der Waals surface area contributed by atoms with Gasteiger partial charge in [0.25, 0.3) is 0 Å². The highest BCUT2D eigenvalue weighted by atomic mass is 35.5. The number of alkyl halides is 3. The quantitative estimate of drug-likeness (QED) is 0.612. The van der Waals surface area contributed by atoms with E-state index in [0.717, 1.165) is 49.1 Å². The largest absolute Gasteiger partial charge is 0.417 e. The number of aliphatic imine (C=N–C) groups is 1. The Labute approximate surface area is 192 Å². The summed E-state index contributed by atoms with van der Waals surface area (Å²) in [6.45, 7) is 0. The molecule has 4 aliphatic carbocycles. The molecule has 2 N–H and O–H groups in total. The van der Waals surface area contributed by atoms with Gasteiger partial charge in [-0.2, -0.15) is 13.2 Å². The van der Waals surface area contributed by atoms with Crippen LogP contribution < -0.4 is 10.6 Å². The average Bonchev–Trinajstić information content (AvgIpc) is 2.99. The van der Waals surface area contributed by atoms with Crippen molar-refractivity contribution < 1.29 is 22.8 Å². The summed E-state index contributed by atoms with van der Waals surface area (Å²) in [6, 6.07) is 3.19. The molecule has 4 saturated carbocycles. The molecule has 0 aromatic heterocycles. The summed E-state index contributed by atoms with van der Waals surface area (Å²) < 4.78 is 39.1. The first-order valence-electron chi connectivity index (χ1n) is 10.8. The second-order valence-electron chi connectivity index (χ2n) is 9.60. The minimum atomic E-state index is -4.62. The molecule has 1 heterocycles. The van der Waals surface area contributed by atoms with Crippen LogP contribution in [-0.2, 0) is 15.8 Å². The molecule has 4 bridgehead atoms. The van der Waals surface area contributed by atoms with E-state index in [-0.39, 0.29) is 23.6 Å². The summed E-state index contributed by atoms with van der Waals surface area (Å²) in [5.41, 5.74) is -1.12.